The molecule has 1 aliphatic heterocycles. The maximum atomic E-state index is 13.4. The zero-order chi connectivity index (χ0) is 24.3. The van der Waals surface area contributed by atoms with Gasteiger partial charge in [0, 0.05) is 26.2 Å². The first-order chi connectivity index (χ1) is 16.3. The molecule has 9 nitrogen and oxygen atoms in total. The van der Waals surface area contributed by atoms with E-state index in [1.807, 2.05) is 12.3 Å². The number of hydrogen-bond donors (Lipinski definition) is 1. The van der Waals surface area contributed by atoms with Gasteiger partial charge < -0.3 is 19.5 Å². The number of aryl methyl sites for hydroxylation is 1. The SMILES string of the molecule is Cc1ccc(S(=O)(=O)[C@H](NC(=O)c2ccco2)C(=O)N2CCN(C(=O)c3cccs3)CC2)cc1. The van der Waals surface area contributed by atoms with Crippen molar-refractivity contribution in [3.63, 3.8) is 0 Å². The van der Waals surface area contributed by atoms with Crippen LogP contribution in [0.25, 0.3) is 0 Å². The molecule has 2 aromatic heterocycles. The van der Waals surface area contributed by atoms with E-state index in [9.17, 15) is 22.8 Å². The quantitative estimate of drug-likeness (QED) is 0.553. The Balaban J connectivity index is 1.55. The summed E-state index contributed by atoms with van der Waals surface area (Å²) in [5, 5.41) is 2.31. The third-order valence-corrected chi connectivity index (χ3v) is 8.23. The van der Waals surface area contributed by atoms with Crippen LogP contribution >= 0.6 is 11.3 Å². The van der Waals surface area contributed by atoms with Gasteiger partial charge in [0.1, 0.15) is 0 Å². The van der Waals surface area contributed by atoms with Crippen LogP contribution in [0.3, 0.4) is 0 Å². The van der Waals surface area contributed by atoms with Gasteiger partial charge in [0.2, 0.25) is 15.2 Å². The predicted molar refractivity (Wildman–Crippen MR) is 125 cm³/mol. The molecule has 1 atom stereocenters. The molecule has 0 spiro atoms. The highest BCUT2D eigenvalue weighted by Crippen LogP contribution is 2.20. The maximum Gasteiger partial charge on any atom is 0.288 e. The standard InChI is InChI=1S/C23H23N3O6S2/c1-16-6-8-17(9-7-16)34(30,31)21(24-20(27)18-4-2-14-32-18)23(29)26-12-10-25(11-13-26)22(28)19-5-3-15-33-19/h2-9,14-15,21H,10-13H2,1H3,(H,24,27)/t21-/m0/s1. The molecule has 0 saturated carbocycles. The smallest absolute Gasteiger partial charge is 0.288 e. The number of furan rings is 1. The fourth-order valence-corrected chi connectivity index (χ4v) is 5.74. The van der Waals surface area contributed by atoms with Crippen molar-refractivity contribution in [3.05, 3.63) is 76.4 Å². The first-order valence-electron chi connectivity index (χ1n) is 10.5. The number of benzene rings is 1. The Kier molecular flexibility index (Phi) is 6.85. The van der Waals surface area contributed by atoms with E-state index < -0.39 is 27.0 Å². The van der Waals surface area contributed by atoms with Crippen LogP contribution in [-0.4, -0.2) is 67.5 Å². The molecule has 3 heterocycles. The summed E-state index contributed by atoms with van der Waals surface area (Å²) in [6, 6.07) is 12.5. The number of thiophene rings is 1. The average molecular weight is 502 g/mol. The van der Waals surface area contributed by atoms with Crippen molar-refractivity contribution in [1.82, 2.24) is 15.1 Å². The summed E-state index contributed by atoms with van der Waals surface area (Å²) in [5.74, 6) is -1.81. The van der Waals surface area contributed by atoms with Gasteiger partial charge in [0.15, 0.2) is 5.76 Å². The zero-order valence-corrected chi connectivity index (χ0v) is 20.0. The van der Waals surface area contributed by atoms with Gasteiger partial charge in [-0.25, -0.2) is 8.42 Å². The van der Waals surface area contributed by atoms with Gasteiger partial charge in [-0.05, 0) is 42.6 Å². The van der Waals surface area contributed by atoms with Crippen molar-refractivity contribution >= 4 is 38.9 Å². The van der Waals surface area contributed by atoms with Crippen molar-refractivity contribution in [2.24, 2.45) is 0 Å². The molecule has 0 radical (unpaired) electrons. The van der Waals surface area contributed by atoms with Crippen LogP contribution in [0.2, 0.25) is 0 Å². The zero-order valence-electron chi connectivity index (χ0n) is 18.3. The summed E-state index contributed by atoms with van der Waals surface area (Å²) in [6.07, 6.45) is 1.28. The number of rotatable bonds is 6. The van der Waals surface area contributed by atoms with Crippen LogP contribution < -0.4 is 5.32 Å². The fraction of sp³-hybridized carbons (Fsp3) is 0.261. The first kappa shape index (κ1) is 23.7. The molecule has 178 valence electrons. The molecule has 1 saturated heterocycles. The van der Waals surface area contributed by atoms with Gasteiger partial charge in [-0.1, -0.05) is 23.8 Å². The number of carbonyl (C=O) groups is 3. The molecule has 1 fully saturated rings. The Morgan fingerprint density at radius 1 is 0.971 bits per heavy atom. The summed E-state index contributed by atoms with van der Waals surface area (Å²) in [5.41, 5.74) is 0.855. The summed E-state index contributed by atoms with van der Waals surface area (Å²) in [6.45, 7) is 2.62. The molecule has 11 heteroatoms. The van der Waals surface area contributed by atoms with E-state index in [1.54, 1.807) is 29.2 Å². The van der Waals surface area contributed by atoms with Crippen molar-refractivity contribution in [2.75, 3.05) is 26.2 Å². The van der Waals surface area contributed by atoms with Crippen LogP contribution in [0.4, 0.5) is 0 Å². The number of nitrogens with zero attached hydrogens (tertiary/aromatic N) is 2. The largest absolute Gasteiger partial charge is 0.459 e. The molecule has 3 aromatic rings. The molecule has 1 aromatic carbocycles. The summed E-state index contributed by atoms with van der Waals surface area (Å²) in [4.78, 5) is 42.1. The highest BCUT2D eigenvalue weighted by Gasteiger charge is 2.40. The monoisotopic (exact) mass is 501 g/mol. The summed E-state index contributed by atoms with van der Waals surface area (Å²) < 4.78 is 31.9. The lowest BCUT2D eigenvalue weighted by molar-refractivity contribution is -0.132. The van der Waals surface area contributed by atoms with Crippen molar-refractivity contribution < 1.29 is 27.2 Å². The van der Waals surface area contributed by atoms with E-state index in [4.69, 9.17) is 4.42 Å². The second-order valence-corrected chi connectivity index (χ2v) is 10.8. The maximum absolute atomic E-state index is 13.4. The van der Waals surface area contributed by atoms with Crippen molar-refractivity contribution in [3.8, 4) is 0 Å². The molecule has 1 aliphatic rings. The van der Waals surface area contributed by atoms with Gasteiger partial charge in [0.25, 0.3) is 17.7 Å². The predicted octanol–water partition coefficient (Wildman–Crippen LogP) is 2.16. The fourth-order valence-electron chi connectivity index (χ4n) is 3.59. The van der Waals surface area contributed by atoms with E-state index in [0.717, 1.165) is 5.56 Å². The van der Waals surface area contributed by atoms with E-state index in [2.05, 4.69) is 5.32 Å². The minimum absolute atomic E-state index is 0.0808. The van der Waals surface area contributed by atoms with Crippen LogP contribution in [0.1, 0.15) is 25.8 Å². The van der Waals surface area contributed by atoms with Gasteiger partial charge in [-0.15, -0.1) is 11.3 Å². The normalized spacial score (nSPS) is 15.1. The summed E-state index contributed by atoms with van der Waals surface area (Å²) >= 11 is 1.34. The van der Waals surface area contributed by atoms with E-state index in [-0.39, 0.29) is 42.7 Å². The topological polar surface area (TPSA) is 117 Å². The van der Waals surface area contributed by atoms with Crippen LogP contribution in [0, 0.1) is 6.92 Å². The minimum atomic E-state index is -4.26. The molecule has 0 bridgehead atoms. The molecular weight excluding hydrogens is 478 g/mol. The molecular formula is C23H23N3O6S2. The Hall–Kier alpha value is -3.44. The third kappa shape index (κ3) is 4.90. The lowest BCUT2D eigenvalue weighted by Crippen LogP contribution is -2.57. The Morgan fingerprint density at radius 3 is 2.24 bits per heavy atom. The summed E-state index contributed by atoms with van der Waals surface area (Å²) in [7, 11) is -4.26. The minimum Gasteiger partial charge on any atom is -0.459 e. The number of nitrogens with one attached hydrogen (secondary N) is 1. The molecule has 3 amide bonds. The number of amides is 3. The number of carbonyl (C=O) groups excluding carboxylic acids is 3. The molecule has 34 heavy (non-hydrogen) atoms. The average Bonchev–Trinajstić information content (AvgIpc) is 3.57. The van der Waals surface area contributed by atoms with Crippen molar-refractivity contribution in [1.29, 1.82) is 0 Å². The van der Waals surface area contributed by atoms with Gasteiger partial charge >= 0.3 is 0 Å². The van der Waals surface area contributed by atoms with Gasteiger partial charge in [-0.2, -0.15) is 0 Å². The number of sulfone groups is 1. The van der Waals surface area contributed by atoms with Crippen LogP contribution in [-0.2, 0) is 14.6 Å². The Morgan fingerprint density at radius 2 is 1.65 bits per heavy atom. The van der Waals surface area contributed by atoms with Gasteiger partial charge in [0.05, 0.1) is 16.0 Å². The lowest BCUT2D eigenvalue weighted by atomic mass is 10.2. The van der Waals surface area contributed by atoms with Crippen LogP contribution in [0.15, 0.2) is 69.5 Å². The second kappa shape index (κ2) is 9.82. The van der Waals surface area contributed by atoms with Crippen LogP contribution in [0.5, 0.6) is 0 Å². The van der Waals surface area contributed by atoms with Gasteiger partial charge in [-0.3, -0.25) is 14.4 Å². The highest BCUT2D eigenvalue weighted by atomic mass is 32.2. The third-order valence-electron chi connectivity index (χ3n) is 5.50. The first-order valence-corrected chi connectivity index (χ1v) is 13.0. The van der Waals surface area contributed by atoms with E-state index in [1.165, 1.54) is 46.8 Å². The Bertz CT molecular complexity index is 1260. The molecule has 1 N–H and O–H groups in total. The highest BCUT2D eigenvalue weighted by molar-refractivity contribution is 7.92. The van der Waals surface area contributed by atoms with E-state index in [0.29, 0.717) is 4.88 Å². The van der Waals surface area contributed by atoms with E-state index >= 15 is 0 Å². The lowest BCUT2D eigenvalue weighted by Gasteiger charge is -2.36. The Labute approximate surface area is 200 Å². The number of hydrogen-bond acceptors (Lipinski definition) is 7. The molecule has 0 unspecified atom stereocenters. The number of piperazine rings is 1. The molecule has 0 aliphatic carbocycles. The second-order valence-electron chi connectivity index (χ2n) is 7.78. The van der Waals surface area contributed by atoms with Crippen molar-refractivity contribution in [2.45, 2.75) is 17.2 Å². The molecule has 4 rings (SSSR count).